The molecule has 186 valence electrons. The predicted molar refractivity (Wildman–Crippen MR) is 145 cm³/mol. The van der Waals surface area contributed by atoms with E-state index in [9.17, 15) is 5.26 Å². The molecule has 1 aromatic carbocycles. The van der Waals surface area contributed by atoms with Crippen molar-refractivity contribution < 1.29 is 4.74 Å². The maximum absolute atomic E-state index is 9.40. The van der Waals surface area contributed by atoms with E-state index in [1.165, 1.54) is 43.6 Å². The monoisotopic (exact) mass is 500 g/mol. The maximum atomic E-state index is 9.40. The molecular weight excluding hydrogens is 468 g/mol. The zero-order chi connectivity index (χ0) is 24.5. The van der Waals surface area contributed by atoms with Gasteiger partial charge in [-0.2, -0.15) is 5.26 Å². The highest BCUT2D eigenvalue weighted by atomic mass is 32.1. The number of nitriles is 1. The molecule has 0 unspecified atom stereocenters. The van der Waals surface area contributed by atoms with Crippen LogP contribution in [0.3, 0.4) is 0 Å². The standard InChI is InChI=1S/C28H32N6OS/c1-2-4-19-7-9-33(10-8-19)18-21-16-25-26(36-21)28(34-11-13-35-14-12-34)32-27(31-25)22-5-3-6-24-23(22)15-20(17-29)30-24/h3,5-6,15-16,19,30H,2,4,7-14,18H2,1H3. The number of benzene rings is 1. The number of morpholine rings is 1. The molecule has 0 saturated carbocycles. The van der Waals surface area contributed by atoms with Gasteiger partial charge >= 0.3 is 0 Å². The van der Waals surface area contributed by atoms with Crippen LogP contribution in [-0.2, 0) is 11.3 Å². The third kappa shape index (κ3) is 4.59. The second kappa shape index (κ2) is 10.2. The van der Waals surface area contributed by atoms with Crippen molar-refractivity contribution >= 4 is 38.3 Å². The molecule has 1 N–H and O–H groups in total. The highest BCUT2D eigenvalue weighted by molar-refractivity contribution is 7.19. The number of nitrogens with zero attached hydrogens (tertiary/aromatic N) is 5. The summed E-state index contributed by atoms with van der Waals surface area (Å²) in [6.45, 7) is 8.73. The summed E-state index contributed by atoms with van der Waals surface area (Å²) in [5.41, 5.74) is 3.44. The van der Waals surface area contributed by atoms with Gasteiger partial charge < -0.3 is 14.6 Å². The van der Waals surface area contributed by atoms with Crippen molar-refractivity contribution in [1.82, 2.24) is 19.9 Å². The van der Waals surface area contributed by atoms with Crippen molar-refractivity contribution in [2.24, 2.45) is 5.92 Å². The molecule has 4 aromatic rings. The number of likely N-dealkylation sites (tertiary alicyclic amines) is 1. The third-order valence-corrected chi connectivity index (χ3v) is 8.63. The van der Waals surface area contributed by atoms with E-state index in [-0.39, 0.29) is 0 Å². The van der Waals surface area contributed by atoms with Gasteiger partial charge in [-0.25, -0.2) is 9.97 Å². The number of H-pyrrole nitrogens is 1. The maximum Gasteiger partial charge on any atom is 0.162 e. The molecule has 2 aliphatic rings. The zero-order valence-electron chi connectivity index (χ0n) is 20.8. The Morgan fingerprint density at radius 1 is 1.14 bits per heavy atom. The summed E-state index contributed by atoms with van der Waals surface area (Å²) < 4.78 is 6.79. The van der Waals surface area contributed by atoms with E-state index in [4.69, 9.17) is 14.7 Å². The van der Waals surface area contributed by atoms with Crippen molar-refractivity contribution in [2.75, 3.05) is 44.3 Å². The second-order valence-electron chi connectivity index (χ2n) is 9.97. The molecule has 5 heterocycles. The first-order valence-corrected chi connectivity index (χ1v) is 13.9. The van der Waals surface area contributed by atoms with Crippen LogP contribution in [0.1, 0.15) is 43.2 Å². The Morgan fingerprint density at radius 2 is 1.97 bits per heavy atom. The molecule has 8 heteroatoms. The Kier molecular flexibility index (Phi) is 6.61. The van der Waals surface area contributed by atoms with Gasteiger partial charge in [0.25, 0.3) is 0 Å². The number of thiophene rings is 1. The summed E-state index contributed by atoms with van der Waals surface area (Å²) in [4.78, 5) is 19.7. The van der Waals surface area contributed by atoms with Crippen molar-refractivity contribution in [3.05, 3.63) is 40.9 Å². The summed E-state index contributed by atoms with van der Waals surface area (Å²) in [5, 5.41) is 10.4. The Hall–Kier alpha value is -2.99. The summed E-state index contributed by atoms with van der Waals surface area (Å²) >= 11 is 1.84. The molecule has 7 nitrogen and oxygen atoms in total. The molecule has 0 bridgehead atoms. The lowest BCUT2D eigenvalue weighted by Crippen LogP contribution is -2.36. The number of nitrogens with one attached hydrogen (secondary N) is 1. The number of aromatic amines is 1. The quantitative estimate of drug-likeness (QED) is 0.373. The second-order valence-corrected chi connectivity index (χ2v) is 11.1. The van der Waals surface area contributed by atoms with Crippen LogP contribution in [0.15, 0.2) is 30.3 Å². The number of aromatic nitrogens is 3. The molecule has 0 spiro atoms. The minimum atomic E-state index is 0.549. The first-order valence-electron chi connectivity index (χ1n) is 13.1. The fraction of sp³-hybridized carbons (Fsp3) is 0.464. The number of piperidine rings is 1. The minimum Gasteiger partial charge on any atom is -0.378 e. The van der Waals surface area contributed by atoms with Gasteiger partial charge in [-0.15, -0.1) is 11.3 Å². The summed E-state index contributed by atoms with van der Waals surface area (Å²) in [7, 11) is 0. The average Bonchev–Trinajstić information content (AvgIpc) is 3.53. The van der Waals surface area contributed by atoms with Crippen molar-refractivity contribution in [3.63, 3.8) is 0 Å². The molecule has 0 radical (unpaired) electrons. The highest BCUT2D eigenvalue weighted by Crippen LogP contribution is 2.37. The highest BCUT2D eigenvalue weighted by Gasteiger charge is 2.23. The number of rotatable bonds is 6. The van der Waals surface area contributed by atoms with Gasteiger partial charge in [0.2, 0.25) is 0 Å². The Labute approximate surface area is 215 Å². The SMILES string of the molecule is CCCC1CCN(Cc2cc3nc(-c4cccc5[nH]c(C#N)cc45)nc(N4CCOCC4)c3s2)CC1. The molecule has 2 aliphatic heterocycles. The topological polar surface area (TPSA) is 81.1 Å². The van der Waals surface area contributed by atoms with Gasteiger partial charge in [-0.05, 0) is 50.0 Å². The molecule has 0 aliphatic carbocycles. The lowest BCUT2D eigenvalue weighted by molar-refractivity contribution is 0.122. The van der Waals surface area contributed by atoms with E-state index >= 15 is 0 Å². The molecule has 0 atom stereocenters. The largest absolute Gasteiger partial charge is 0.378 e. The van der Waals surface area contributed by atoms with Crippen LogP contribution in [0.25, 0.3) is 32.5 Å². The Balaban J connectivity index is 1.37. The van der Waals surface area contributed by atoms with Gasteiger partial charge in [0.05, 0.1) is 23.4 Å². The first-order chi connectivity index (χ1) is 17.7. The molecule has 36 heavy (non-hydrogen) atoms. The van der Waals surface area contributed by atoms with Gasteiger partial charge in [0.15, 0.2) is 11.6 Å². The van der Waals surface area contributed by atoms with E-state index in [1.807, 2.05) is 29.5 Å². The van der Waals surface area contributed by atoms with Gasteiger partial charge in [-0.1, -0.05) is 31.9 Å². The van der Waals surface area contributed by atoms with Crippen LogP contribution in [0.2, 0.25) is 0 Å². The molecule has 2 fully saturated rings. The van der Waals surface area contributed by atoms with E-state index < -0.39 is 0 Å². The molecule has 3 aromatic heterocycles. The fourth-order valence-electron chi connectivity index (χ4n) is 5.62. The van der Waals surface area contributed by atoms with Crippen LogP contribution in [0.4, 0.5) is 5.82 Å². The summed E-state index contributed by atoms with van der Waals surface area (Å²) in [6.07, 6.45) is 5.28. The van der Waals surface area contributed by atoms with Crippen LogP contribution in [0.5, 0.6) is 0 Å². The van der Waals surface area contributed by atoms with Crippen LogP contribution >= 0.6 is 11.3 Å². The minimum absolute atomic E-state index is 0.549. The first kappa shape index (κ1) is 23.4. The third-order valence-electron chi connectivity index (χ3n) is 7.52. The van der Waals surface area contributed by atoms with E-state index in [0.717, 1.165) is 58.1 Å². The summed E-state index contributed by atoms with van der Waals surface area (Å²) in [5.74, 6) is 2.61. The van der Waals surface area contributed by atoms with Crippen molar-refractivity contribution in [3.8, 4) is 17.5 Å². The molecular formula is C28H32N6OS. The van der Waals surface area contributed by atoms with E-state index in [2.05, 4.69) is 39.9 Å². The lowest BCUT2D eigenvalue weighted by atomic mass is 9.92. The van der Waals surface area contributed by atoms with Gasteiger partial charge in [0.1, 0.15) is 11.8 Å². The number of anilines is 1. The van der Waals surface area contributed by atoms with Crippen LogP contribution in [0, 0.1) is 17.2 Å². The molecule has 0 amide bonds. The Bertz CT molecular complexity index is 1400. The lowest BCUT2D eigenvalue weighted by Gasteiger charge is -2.31. The number of ether oxygens (including phenoxy) is 1. The van der Waals surface area contributed by atoms with Gasteiger partial charge in [-0.3, -0.25) is 4.90 Å². The van der Waals surface area contributed by atoms with Crippen LogP contribution in [-0.4, -0.2) is 59.2 Å². The van der Waals surface area contributed by atoms with E-state index in [0.29, 0.717) is 24.7 Å². The van der Waals surface area contributed by atoms with Crippen molar-refractivity contribution in [2.45, 2.75) is 39.2 Å². The van der Waals surface area contributed by atoms with Gasteiger partial charge in [0, 0.05) is 41.0 Å². The number of hydrogen-bond acceptors (Lipinski definition) is 7. The number of hydrogen-bond donors (Lipinski definition) is 1. The fourth-order valence-corrected chi connectivity index (χ4v) is 6.78. The zero-order valence-corrected chi connectivity index (χ0v) is 21.6. The normalized spacial score (nSPS) is 17.7. The smallest absolute Gasteiger partial charge is 0.162 e. The van der Waals surface area contributed by atoms with E-state index in [1.54, 1.807) is 0 Å². The van der Waals surface area contributed by atoms with Crippen molar-refractivity contribution in [1.29, 1.82) is 5.26 Å². The molecule has 6 rings (SSSR count). The Morgan fingerprint density at radius 3 is 2.75 bits per heavy atom. The molecule has 2 saturated heterocycles. The van der Waals surface area contributed by atoms with Crippen LogP contribution < -0.4 is 4.90 Å². The number of fused-ring (bicyclic) bond motifs is 2. The average molecular weight is 501 g/mol. The summed E-state index contributed by atoms with van der Waals surface area (Å²) in [6, 6.07) is 12.4. The predicted octanol–water partition coefficient (Wildman–Crippen LogP) is 5.56.